The van der Waals surface area contributed by atoms with Gasteiger partial charge in [-0.3, -0.25) is 0 Å². The van der Waals surface area contributed by atoms with Crippen LogP contribution >= 0.6 is 0 Å². The van der Waals surface area contributed by atoms with E-state index in [0.717, 1.165) is 22.3 Å². The van der Waals surface area contributed by atoms with Crippen molar-refractivity contribution in [2.75, 3.05) is 0 Å². The SMILES string of the molecule is N#Cc1cc(-c2c3ccccc3c(-c3ccccc3)c3ccccc23)cc(-c2ccc3c4c(cccc24)-c2c-3c(-c3ccccc3)c3ccccc3c2-c2ccccc2)c1. The van der Waals surface area contributed by atoms with Crippen molar-refractivity contribution in [1.82, 2.24) is 0 Å². The maximum Gasteiger partial charge on any atom is 0.0992 e. The molecule has 0 spiro atoms. The van der Waals surface area contributed by atoms with Gasteiger partial charge in [0.15, 0.2) is 0 Å². The Labute approximate surface area is 348 Å². The summed E-state index contributed by atoms with van der Waals surface area (Å²) in [5, 5.41) is 20.3. The summed E-state index contributed by atoms with van der Waals surface area (Å²) >= 11 is 0. The molecule has 1 nitrogen and oxygen atoms in total. The van der Waals surface area contributed by atoms with Crippen LogP contribution in [0.3, 0.4) is 0 Å². The first-order valence-electron chi connectivity index (χ1n) is 20.6. The predicted octanol–water partition coefficient (Wildman–Crippen LogP) is 16.2. The van der Waals surface area contributed by atoms with Crippen molar-refractivity contribution >= 4 is 43.1 Å². The average molecular weight is 758 g/mol. The van der Waals surface area contributed by atoms with E-state index in [0.29, 0.717) is 5.56 Å². The topological polar surface area (TPSA) is 23.8 Å². The zero-order valence-corrected chi connectivity index (χ0v) is 32.7. The molecule has 1 aliphatic carbocycles. The van der Waals surface area contributed by atoms with Crippen molar-refractivity contribution in [1.29, 1.82) is 5.26 Å². The summed E-state index contributed by atoms with van der Waals surface area (Å²) in [5.74, 6) is 0. The summed E-state index contributed by atoms with van der Waals surface area (Å²) in [6, 6.07) is 79.2. The number of nitriles is 1. The second-order valence-electron chi connectivity index (χ2n) is 15.8. The lowest BCUT2D eigenvalue weighted by Crippen LogP contribution is -1.93. The number of hydrogen-bond acceptors (Lipinski definition) is 1. The first-order chi connectivity index (χ1) is 29.8. The van der Waals surface area contributed by atoms with Crippen LogP contribution in [-0.4, -0.2) is 0 Å². The smallest absolute Gasteiger partial charge is 0.0992 e. The fraction of sp³-hybridized carbons (Fsp3) is 0. The second-order valence-corrected chi connectivity index (χ2v) is 15.8. The van der Waals surface area contributed by atoms with Gasteiger partial charge in [-0.05, 0) is 139 Å². The van der Waals surface area contributed by atoms with E-state index < -0.39 is 0 Å². The van der Waals surface area contributed by atoms with Crippen molar-refractivity contribution in [3.8, 4) is 84.0 Å². The van der Waals surface area contributed by atoms with Gasteiger partial charge in [0.25, 0.3) is 0 Å². The minimum atomic E-state index is 0.637. The van der Waals surface area contributed by atoms with Gasteiger partial charge in [-0.15, -0.1) is 0 Å². The summed E-state index contributed by atoms with van der Waals surface area (Å²) in [6.07, 6.45) is 0. The molecule has 0 aliphatic heterocycles. The summed E-state index contributed by atoms with van der Waals surface area (Å²) in [5.41, 5.74) is 17.4. The molecule has 0 heterocycles. The molecule has 0 atom stereocenters. The third-order valence-electron chi connectivity index (χ3n) is 12.6. The molecule has 11 aromatic carbocycles. The minimum absolute atomic E-state index is 0.637. The number of nitrogens with zero attached hydrogens (tertiary/aromatic N) is 1. The largest absolute Gasteiger partial charge is 0.192 e. The molecule has 1 heteroatoms. The van der Waals surface area contributed by atoms with Gasteiger partial charge >= 0.3 is 0 Å². The van der Waals surface area contributed by atoms with Gasteiger partial charge < -0.3 is 0 Å². The molecule has 0 unspecified atom stereocenters. The molecule has 60 heavy (non-hydrogen) atoms. The van der Waals surface area contributed by atoms with E-state index in [-0.39, 0.29) is 0 Å². The molecule has 0 amide bonds. The quantitative estimate of drug-likeness (QED) is 0.160. The Balaban J connectivity index is 1.14. The molecule has 0 bridgehead atoms. The Morgan fingerprint density at radius 1 is 0.250 bits per heavy atom. The highest BCUT2D eigenvalue weighted by molar-refractivity contribution is 6.29. The van der Waals surface area contributed by atoms with Gasteiger partial charge in [0.1, 0.15) is 0 Å². The lowest BCUT2D eigenvalue weighted by Gasteiger charge is -2.20. The Morgan fingerprint density at radius 3 is 1.10 bits per heavy atom. The van der Waals surface area contributed by atoms with Crippen LogP contribution in [0, 0.1) is 11.3 Å². The van der Waals surface area contributed by atoms with Crippen LogP contribution in [0.2, 0.25) is 0 Å². The first kappa shape index (κ1) is 34.0. The normalized spacial score (nSPS) is 11.7. The van der Waals surface area contributed by atoms with E-state index in [9.17, 15) is 5.26 Å². The van der Waals surface area contributed by atoms with Crippen molar-refractivity contribution in [2.24, 2.45) is 0 Å². The summed E-state index contributed by atoms with van der Waals surface area (Å²) in [6.45, 7) is 0. The van der Waals surface area contributed by atoms with E-state index in [1.54, 1.807) is 0 Å². The molecular formula is C59H35N. The molecule has 0 radical (unpaired) electrons. The number of rotatable bonds is 5. The Morgan fingerprint density at radius 2 is 0.617 bits per heavy atom. The van der Waals surface area contributed by atoms with Gasteiger partial charge in [-0.25, -0.2) is 0 Å². The molecule has 0 N–H and O–H groups in total. The van der Waals surface area contributed by atoms with Crippen LogP contribution in [0.15, 0.2) is 212 Å². The van der Waals surface area contributed by atoms with E-state index in [1.807, 2.05) is 0 Å². The Hall–Kier alpha value is -8.05. The molecule has 0 fully saturated rings. The van der Waals surface area contributed by atoms with Crippen LogP contribution in [0.5, 0.6) is 0 Å². The monoisotopic (exact) mass is 757 g/mol. The van der Waals surface area contributed by atoms with Gasteiger partial charge in [-0.2, -0.15) is 5.26 Å². The third-order valence-corrected chi connectivity index (χ3v) is 12.6. The highest BCUT2D eigenvalue weighted by atomic mass is 14.3. The second kappa shape index (κ2) is 13.5. The summed E-state index contributed by atoms with van der Waals surface area (Å²) in [4.78, 5) is 0. The fourth-order valence-electron chi connectivity index (χ4n) is 10.2. The van der Waals surface area contributed by atoms with Crippen LogP contribution in [-0.2, 0) is 0 Å². The van der Waals surface area contributed by atoms with Crippen molar-refractivity contribution in [3.63, 3.8) is 0 Å². The molecule has 12 rings (SSSR count). The van der Waals surface area contributed by atoms with E-state index in [2.05, 4.69) is 218 Å². The van der Waals surface area contributed by atoms with Gasteiger partial charge in [-0.1, -0.05) is 194 Å². The Kier molecular flexibility index (Phi) is 7.67. The van der Waals surface area contributed by atoms with E-state index in [1.165, 1.54) is 98.7 Å². The van der Waals surface area contributed by atoms with Crippen molar-refractivity contribution in [3.05, 3.63) is 218 Å². The van der Waals surface area contributed by atoms with Gasteiger partial charge in [0.2, 0.25) is 0 Å². The average Bonchev–Trinajstić information content (AvgIpc) is 3.65. The van der Waals surface area contributed by atoms with Gasteiger partial charge in [0, 0.05) is 0 Å². The van der Waals surface area contributed by atoms with Crippen LogP contribution in [0.4, 0.5) is 0 Å². The summed E-state index contributed by atoms with van der Waals surface area (Å²) < 4.78 is 0. The standard InChI is InChI=1S/C59H35N/c60-36-37-33-41(35-42(34-37)54-47-25-12-10-23-45(47)53(38-17-4-1-5-18-38)46-24-11-13-26-48(46)54)43-31-32-52-57-44(43)29-16-30-51(57)58-55(39-19-6-2-7-20-39)49-27-14-15-28-50(49)56(59(52)58)40-21-8-3-9-22-40/h1-35H. The molecule has 276 valence electrons. The molecule has 0 saturated heterocycles. The van der Waals surface area contributed by atoms with E-state index >= 15 is 0 Å². The molecular weight excluding hydrogens is 723 g/mol. The minimum Gasteiger partial charge on any atom is -0.192 e. The zero-order chi connectivity index (χ0) is 39.7. The van der Waals surface area contributed by atoms with E-state index in [4.69, 9.17) is 0 Å². The van der Waals surface area contributed by atoms with Crippen LogP contribution in [0.1, 0.15) is 5.56 Å². The molecule has 0 saturated carbocycles. The molecule has 11 aromatic rings. The summed E-state index contributed by atoms with van der Waals surface area (Å²) in [7, 11) is 0. The van der Waals surface area contributed by atoms with Gasteiger partial charge in [0.05, 0.1) is 11.6 Å². The van der Waals surface area contributed by atoms with Crippen molar-refractivity contribution in [2.45, 2.75) is 0 Å². The fourth-order valence-corrected chi connectivity index (χ4v) is 10.2. The maximum absolute atomic E-state index is 10.6. The maximum atomic E-state index is 10.6. The highest BCUT2D eigenvalue weighted by Gasteiger charge is 2.31. The number of hydrogen-bond donors (Lipinski definition) is 0. The molecule has 1 aliphatic rings. The van der Waals surface area contributed by atoms with Crippen molar-refractivity contribution < 1.29 is 0 Å². The number of benzene rings is 11. The Bertz CT molecular complexity index is 3430. The highest BCUT2D eigenvalue weighted by Crippen LogP contribution is 2.58. The predicted molar refractivity (Wildman–Crippen MR) is 253 cm³/mol. The zero-order valence-electron chi connectivity index (χ0n) is 32.7. The van der Waals surface area contributed by atoms with Crippen LogP contribution in [0.25, 0.3) is 121 Å². The van der Waals surface area contributed by atoms with Crippen LogP contribution < -0.4 is 0 Å². The molecule has 0 aromatic heterocycles. The lowest BCUT2D eigenvalue weighted by molar-refractivity contribution is 1.48. The first-order valence-corrected chi connectivity index (χ1v) is 20.6. The number of fused-ring (bicyclic) bond motifs is 6. The lowest BCUT2D eigenvalue weighted by atomic mass is 9.82. The third kappa shape index (κ3) is 5.05.